The van der Waals surface area contributed by atoms with E-state index in [-0.39, 0.29) is 11.4 Å². The molecule has 0 aromatic carbocycles. The maximum absolute atomic E-state index is 11.3. The first-order chi connectivity index (χ1) is 6.77. The van der Waals surface area contributed by atoms with Gasteiger partial charge in [0.15, 0.2) is 5.82 Å². The third kappa shape index (κ3) is 1.87. The Morgan fingerprint density at radius 3 is 2.64 bits per heavy atom. The summed E-state index contributed by atoms with van der Waals surface area (Å²) in [6.07, 6.45) is 5.30. The van der Waals surface area contributed by atoms with Crippen molar-refractivity contribution in [2.24, 2.45) is 0 Å². The Hall–Kier alpha value is -0.720. The Morgan fingerprint density at radius 2 is 2.14 bits per heavy atom. The molecule has 0 aliphatic heterocycles. The molecular weight excluding hydrogens is 293 g/mol. The van der Waals surface area contributed by atoms with Gasteiger partial charge in [0, 0.05) is 12.4 Å². The van der Waals surface area contributed by atoms with Crippen LogP contribution in [0.3, 0.4) is 0 Å². The van der Waals surface area contributed by atoms with Crippen LogP contribution in [0.15, 0.2) is 18.5 Å². The lowest BCUT2D eigenvalue weighted by Gasteiger charge is -2.14. The fraction of sp³-hybridized carbons (Fsp3) is 0.444. The lowest BCUT2D eigenvalue weighted by atomic mass is 10.2. The van der Waals surface area contributed by atoms with Gasteiger partial charge < -0.3 is 5.32 Å². The smallest absolute Gasteiger partial charge is 0.230 e. The molecule has 0 unspecified atom stereocenters. The standard InChI is InChI=1S/C9H10IN3O/c10-6-7(14)13-9(2-3-9)8-11-4-1-5-12-8/h1,4-5H,2-3,6H2,(H,13,14). The minimum Gasteiger partial charge on any atom is -0.343 e. The van der Waals surface area contributed by atoms with Gasteiger partial charge in [0.25, 0.3) is 0 Å². The Bertz CT molecular complexity index is 337. The van der Waals surface area contributed by atoms with Gasteiger partial charge in [-0.3, -0.25) is 4.79 Å². The SMILES string of the molecule is O=C(CI)NC1(c2ncccn2)CC1. The molecule has 1 heterocycles. The molecule has 0 bridgehead atoms. The quantitative estimate of drug-likeness (QED) is 0.670. The van der Waals surface area contributed by atoms with Crippen LogP contribution in [0.25, 0.3) is 0 Å². The van der Waals surface area contributed by atoms with E-state index in [1.807, 2.05) is 22.6 Å². The molecule has 4 nitrogen and oxygen atoms in total. The number of carbonyl (C=O) groups excluding carboxylic acids is 1. The summed E-state index contributed by atoms with van der Waals surface area (Å²) >= 11 is 2.05. The third-order valence-corrected chi connectivity index (χ3v) is 2.94. The Kier molecular flexibility index (Phi) is 2.66. The minimum absolute atomic E-state index is 0.0514. The van der Waals surface area contributed by atoms with Crippen molar-refractivity contribution in [3.8, 4) is 0 Å². The monoisotopic (exact) mass is 303 g/mol. The van der Waals surface area contributed by atoms with Crippen molar-refractivity contribution in [3.63, 3.8) is 0 Å². The molecule has 1 aliphatic carbocycles. The number of hydrogen-bond acceptors (Lipinski definition) is 3. The number of amides is 1. The second kappa shape index (κ2) is 3.80. The van der Waals surface area contributed by atoms with Gasteiger partial charge in [-0.2, -0.15) is 0 Å². The predicted octanol–water partition coefficient (Wildman–Crippen LogP) is 1.02. The van der Waals surface area contributed by atoms with Crippen LogP contribution in [-0.2, 0) is 10.3 Å². The molecular formula is C9H10IN3O. The average molecular weight is 303 g/mol. The van der Waals surface area contributed by atoms with E-state index in [0.29, 0.717) is 4.43 Å². The Labute approximate surface area is 95.7 Å². The fourth-order valence-electron chi connectivity index (χ4n) is 1.38. The highest BCUT2D eigenvalue weighted by molar-refractivity contribution is 14.1. The molecule has 0 radical (unpaired) electrons. The highest BCUT2D eigenvalue weighted by atomic mass is 127. The van der Waals surface area contributed by atoms with Gasteiger partial charge in [0.2, 0.25) is 5.91 Å². The van der Waals surface area contributed by atoms with E-state index in [2.05, 4.69) is 15.3 Å². The van der Waals surface area contributed by atoms with Crippen molar-refractivity contribution in [2.75, 3.05) is 4.43 Å². The lowest BCUT2D eigenvalue weighted by Crippen LogP contribution is -2.36. The lowest BCUT2D eigenvalue weighted by molar-refractivity contribution is -0.119. The van der Waals surface area contributed by atoms with Crippen molar-refractivity contribution in [3.05, 3.63) is 24.3 Å². The first kappa shape index (κ1) is 9.82. The van der Waals surface area contributed by atoms with E-state index < -0.39 is 0 Å². The summed E-state index contributed by atoms with van der Waals surface area (Å²) in [5, 5.41) is 2.96. The highest BCUT2D eigenvalue weighted by Gasteiger charge is 2.48. The fourth-order valence-corrected chi connectivity index (χ4v) is 1.57. The minimum atomic E-state index is -0.260. The van der Waals surface area contributed by atoms with Crippen molar-refractivity contribution in [1.82, 2.24) is 15.3 Å². The summed E-state index contributed by atoms with van der Waals surface area (Å²) in [7, 11) is 0. The van der Waals surface area contributed by atoms with E-state index in [0.717, 1.165) is 18.7 Å². The molecule has 2 rings (SSSR count). The Balaban J connectivity index is 2.14. The van der Waals surface area contributed by atoms with Crippen molar-refractivity contribution in [2.45, 2.75) is 18.4 Å². The van der Waals surface area contributed by atoms with E-state index in [1.54, 1.807) is 18.5 Å². The number of hydrogen-bond donors (Lipinski definition) is 1. The summed E-state index contributed by atoms with van der Waals surface area (Å²) in [6.45, 7) is 0. The first-order valence-corrected chi connectivity index (χ1v) is 5.94. The van der Waals surface area contributed by atoms with Gasteiger partial charge in [-0.25, -0.2) is 9.97 Å². The maximum Gasteiger partial charge on any atom is 0.230 e. The molecule has 1 fully saturated rings. The summed E-state index contributed by atoms with van der Waals surface area (Å²) < 4.78 is 0.479. The molecule has 14 heavy (non-hydrogen) atoms. The van der Waals surface area contributed by atoms with Gasteiger partial charge in [0.05, 0.1) is 9.97 Å². The second-order valence-electron chi connectivity index (χ2n) is 3.34. The molecule has 74 valence electrons. The zero-order chi connectivity index (χ0) is 10.0. The summed E-state index contributed by atoms with van der Waals surface area (Å²) in [5.74, 6) is 0.786. The molecule has 1 N–H and O–H groups in total. The number of halogens is 1. The molecule has 1 aromatic heterocycles. The molecule has 1 aliphatic rings. The van der Waals surface area contributed by atoms with Crippen LogP contribution in [0.1, 0.15) is 18.7 Å². The van der Waals surface area contributed by atoms with Gasteiger partial charge in [0.1, 0.15) is 0 Å². The number of nitrogens with one attached hydrogen (secondary N) is 1. The Morgan fingerprint density at radius 1 is 1.50 bits per heavy atom. The van der Waals surface area contributed by atoms with Gasteiger partial charge in [-0.05, 0) is 18.9 Å². The normalized spacial score (nSPS) is 17.5. The zero-order valence-electron chi connectivity index (χ0n) is 7.53. The molecule has 0 spiro atoms. The van der Waals surface area contributed by atoms with E-state index >= 15 is 0 Å². The first-order valence-electron chi connectivity index (χ1n) is 4.41. The highest BCUT2D eigenvalue weighted by Crippen LogP contribution is 2.43. The topological polar surface area (TPSA) is 54.9 Å². The molecule has 0 atom stereocenters. The number of nitrogens with zero attached hydrogens (tertiary/aromatic N) is 2. The van der Waals surface area contributed by atoms with Crippen LogP contribution in [0.5, 0.6) is 0 Å². The van der Waals surface area contributed by atoms with E-state index in [4.69, 9.17) is 0 Å². The predicted molar refractivity (Wildman–Crippen MR) is 60.0 cm³/mol. The number of aromatic nitrogens is 2. The van der Waals surface area contributed by atoms with Crippen molar-refractivity contribution in [1.29, 1.82) is 0 Å². The van der Waals surface area contributed by atoms with Crippen LogP contribution in [0.2, 0.25) is 0 Å². The average Bonchev–Trinajstić information content (AvgIpc) is 3.00. The van der Waals surface area contributed by atoms with Crippen LogP contribution >= 0.6 is 22.6 Å². The summed E-state index contributed by atoms with van der Waals surface area (Å²) in [4.78, 5) is 19.6. The van der Waals surface area contributed by atoms with Gasteiger partial charge in [-0.1, -0.05) is 22.6 Å². The largest absolute Gasteiger partial charge is 0.343 e. The van der Waals surface area contributed by atoms with Crippen LogP contribution in [-0.4, -0.2) is 20.3 Å². The second-order valence-corrected chi connectivity index (χ2v) is 4.10. The van der Waals surface area contributed by atoms with Gasteiger partial charge >= 0.3 is 0 Å². The van der Waals surface area contributed by atoms with Crippen LogP contribution in [0.4, 0.5) is 0 Å². The number of alkyl halides is 1. The molecule has 5 heteroatoms. The number of rotatable bonds is 3. The van der Waals surface area contributed by atoms with E-state index in [9.17, 15) is 4.79 Å². The summed E-state index contributed by atoms with van der Waals surface area (Å²) in [5.41, 5.74) is -0.260. The van der Waals surface area contributed by atoms with E-state index in [1.165, 1.54) is 0 Å². The van der Waals surface area contributed by atoms with Crippen molar-refractivity contribution >= 4 is 28.5 Å². The molecule has 1 saturated carbocycles. The third-order valence-electron chi connectivity index (χ3n) is 2.24. The maximum atomic E-state index is 11.3. The molecule has 0 saturated heterocycles. The molecule has 1 aromatic rings. The van der Waals surface area contributed by atoms with Crippen LogP contribution in [0, 0.1) is 0 Å². The zero-order valence-corrected chi connectivity index (χ0v) is 9.69. The van der Waals surface area contributed by atoms with Crippen molar-refractivity contribution < 1.29 is 4.79 Å². The molecule has 1 amide bonds. The van der Waals surface area contributed by atoms with Gasteiger partial charge in [-0.15, -0.1) is 0 Å². The summed E-state index contributed by atoms with van der Waals surface area (Å²) in [6, 6.07) is 1.78. The number of carbonyl (C=O) groups is 1. The van der Waals surface area contributed by atoms with Crippen LogP contribution < -0.4 is 5.32 Å².